The van der Waals surface area contributed by atoms with Gasteiger partial charge in [-0.1, -0.05) is 13.8 Å². The number of nitrogens with zero attached hydrogens (tertiary/aromatic N) is 1. The minimum absolute atomic E-state index is 0.385. The Labute approximate surface area is 61.8 Å². The number of amides is 1. The molecule has 1 amide bonds. The van der Waals surface area contributed by atoms with Gasteiger partial charge in [-0.15, -0.1) is 0 Å². The standard InChI is InChI=1S/C7H14NO2/c1-4-8-7(9)10-5-6(2)3/h6H,4-5H2,1-3H3. The van der Waals surface area contributed by atoms with E-state index in [1.807, 2.05) is 13.8 Å². The smallest absolute Gasteiger partial charge is 0.428 e. The summed E-state index contributed by atoms with van der Waals surface area (Å²) in [4.78, 5) is 10.6. The Morgan fingerprint density at radius 1 is 1.60 bits per heavy atom. The third-order valence-corrected chi connectivity index (χ3v) is 0.827. The van der Waals surface area contributed by atoms with E-state index in [1.165, 1.54) is 0 Å². The van der Waals surface area contributed by atoms with E-state index in [4.69, 9.17) is 4.74 Å². The summed E-state index contributed by atoms with van der Waals surface area (Å²) < 4.78 is 4.74. The maximum Gasteiger partial charge on any atom is 0.428 e. The van der Waals surface area contributed by atoms with Crippen LogP contribution in [0.15, 0.2) is 0 Å². The second-order valence-electron chi connectivity index (χ2n) is 2.45. The lowest BCUT2D eigenvalue weighted by Gasteiger charge is -2.04. The summed E-state index contributed by atoms with van der Waals surface area (Å²) in [5.74, 6) is 0.385. The van der Waals surface area contributed by atoms with Gasteiger partial charge in [0.1, 0.15) is 0 Å². The maximum atomic E-state index is 10.6. The molecule has 0 rings (SSSR count). The van der Waals surface area contributed by atoms with Crippen LogP contribution in [0.5, 0.6) is 0 Å². The van der Waals surface area contributed by atoms with Crippen molar-refractivity contribution >= 4 is 6.09 Å². The van der Waals surface area contributed by atoms with Gasteiger partial charge in [0, 0.05) is 6.54 Å². The maximum absolute atomic E-state index is 10.6. The molecule has 0 aromatic heterocycles. The first kappa shape index (κ1) is 9.27. The van der Waals surface area contributed by atoms with Crippen LogP contribution in [0.1, 0.15) is 20.8 Å². The van der Waals surface area contributed by atoms with Gasteiger partial charge >= 0.3 is 6.09 Å². The highest BCUT2D eigenvalue weighted by molar-refractivity contribution is 5.66. The Hall–Kier alpha value is -0.730. The molecule has 0 aliphatic heterocycles. The molecule has 0 aliphatic rings. The van der Waals surface area contributed by atoms with Crippen LogP contribution >= 0.6 is 0 Å². The molecule has 0 unspecified atom stereocenters. The first-order chi connectivity index (χ1) is 4.66. The fourth-order valence-corrected chi connectivity index (χ4v) is 0.413. The topological polar surface area (TPSA) is 40.4 Å². The van der Waals surface area contributed by atoms with Crippen molar-refractivity contribution in [3.8, 4) is 0 Å². The zero-order chi connectivity index (χ0) is 7.98. The lowest BCUT2D eigenvalue weighted by atomic mass is 10.2. The number of ether oxygens (including phenoxy) is 1. The molecule has 0 aromatic carbocycles. The largest absolute Gasteiger partial charge is 0.448 e. The van der Waals surface area contributed by atoms with Crippen molar-refractivity contribution < 1.29 is 9.53 Å². The van der Waals surface area contributed by atoms with E-state index in [0.717, 1.165) is 0 Å². The van der Waals surface area contributed by atoms with Crippen LogP contribution in [0, 0.1) is 5.92 Å². The second kappa shape index (κ2) is 5.09. The molecule has 59 valence electrons. The highest BCUT2D eigenvalue weighted by atomic mass is 16.5. The molecule has 0 spiro atoms. The SMILES string of the molecule is CC[N]C(=O)OCC(C)C. The Kier molecular flexibility index (Phi) is 4.72. The number of carbonyl (C=O) groups excluding carboxylic acids is 1. The molecule has 3 heteroatoms. The molecule has 0 saturated carbocycles. The minimum atomic E-state index is -0.448. The summed E-state index contributed by atoms with van der Waals surface area (Å²) in [6.45, 7) is 6.73. The summed E-state index contributed by atoms with van der Waals surface area (Å²) in [5, 5.41) is 3.54. The van der Waals surface area contributed by atoms with Crippen LogP contribution in [0.4, 0.5) is 4.79 Å². The van der Waals surface area contributed by atoms with E-state index in [2.05, 4.69) is 5.32 Å². The average molecular weight is 144 g/mol. The lowest BCUT2D eigenvalue weighted by molar-refractivity contribution is 0.132. The summed E-state index contributed by atoms with van der Waals surface area (Å²) in [7, 11) is 0. The van der Waals surface area contributed by atoms with Crippen LogP contribution in [-0.4, -0.2) is 19.2 Å². The van der Waals surface area contributed by atoms with Crippen molar-refractivity contribution in [1.82, 2.24) is 5.32 Å². The third kappa shape index (κ3) is 5.41. The Bertz CT molecular complexity index is 102. The molecular weight excluding hydrogens is 130 g/mol. The van der Waals surface area contributed by atoms with E-state index >= 15 is 0 Å². The van der Waals surface area contributed by atoms with Crippen LogP contribution in [0.3, 0.4) is 0 Å². The van der Waals surface area contributed by atoms with E-state index < -0.39 is 6.09 Å². The van der Waals surface area contributed by atoms with Gasteiger partial charge in [0.05, 0.1) is 6.61 Å². The molecular formula is C7H14NO2. The molecule has 10 heavy (non-hydrogen) atoms. The number of carbonyl (C=O) groups is 1. The number of hydrogen-bond acceptors (Lipinski definition) is 2. The first-order valence-electron chi connectivity index (χ1n) is 3.51. The van der Waals surface area contributed by atoms with Gasteiger partial charge in [0.15, 0.2) is 0 Å². The van der Waals surface area contributed by atoms with Gasteiger partial charge in [-0.05, 0) is 12.8 Å². The molecule has 3 nitrogen and oxygen atoms in total. The van der Waals surface area contributed by atoms with Crippen LogP contribution in [0.25, 0.3) is 0 Å². The molecule has 0 fully saturated rings. The lowest BCUT2D eigenvalue weighted by Crippen LogP contribution is -2.18. The fraction of sp³-hybridized carbons (Fsp3) is 0.857. The van der Waals surface area contributed by atoms with Gasteiger partial charge in [0.25, 0.3) is 0 Å². The van der Waals surface area contributed by atoms with E-state index in [1.54, 1.807) is 6.92 Å². The van der Waals surface area contributed by atoms with Gasteiger partial charge < -0.3 is 4.74 Å². The highest BCUT2D eigenvalue weighted by Crippen LogP contribution is 1.92. The summed E-state index contributed by atoms with van der Waals surface area (Å²) in [6, 6.07) is 0. The fourth-order valence-electron chi connectivity index (χ4n) is 0.413. The Morgan fingerprint density at radius 3 is 2.60 bits per heavy atom. The molecule has 0 saturated heterocycles. The van der Waals surface area contributed by atoms with Gasteiger partial charge in [-0.3, -0.25) is 0 Å². The van der Waals surface area contributed by atoms with Crippen molar-refractivity contribution in [1.29, 1.82) is 0 Å². The van der Waals surface area contributed by atoms with Gasteiger partial charge in [-0.2, -0.15) is 0 Å². The molecule has 0 N–H and O–H groups in total. The van der Waals surface area contributed by atoms with E-state index in [-0.39, 0.29) is 0 Å². The molecule has 0 aromatic rings. The number of rotatable bonds is 3. The summed E-state index contributed by atoms with van der Waals surface area (Å²) in [6.07, 6.45) is -0.448. The monoisotopic (exact) mass is 144 g/mol. The van der Waals surface area contributed by atoms with Crippen LogP contribution < -0.4 is 5.32 Å². The molecule has 1 radical (unpaired) electrons. The zero-order valence-electron chi connectivity index (χ0n) is 6.76. The second-order valence-corrected chi connectivity index (χ2v) is 2.45. The van der Waals surface area contributed by atoms with E-state index in [9.17, 15) is 4.79 Å². The minimum Gasteiger partial charge on any atom is -0.448 e. The van der Waals surface area contributed by atoms with Crippen molar-refractivity contribution in [3.63, 3.8) is 0 Å². The molecule has 0 bridgehead atoms. The van der Waals surface area contributed by atoms with E-state index in [0.29, 0.717) is 19.1 Å². The average Bonchev–Trinajstić information content (AvgIpc) is 1.85. The van der Waals surface area contributed by atoms with Crippen molar-refractivity contribution in [3.05, 3.63) is 0 Å². The first-order valence-corrected chi connectivity index (χ1v) is 3.51. The van der Waals surface area contributed by atoms with Gasteiger partial charge in [-0.25, -0.2) is 10.1 Å². The van der Waals surface area contributed by atoms with Crippen LogP contribution in [0.2, 0.25) is 0 Å². The number of hydrogen-bond donors (Lipinski definition) is 0. The normalized spacial score (nSPS) is 9.60. The third-order valence-electron chi connectivity index (χ3n) is 0.827. The predicted octanol–water partition coefficient (Wildman–Crippen LogP) is 1.40. The molecule has 0 heterocycles. The van der Waals surface area contributed by atoms with Crippen molar-refractivity contribution in [2.45, 2.75) is 20.8 Å². The quantitative estimate of drug-likeness (QED) is 0.600. The van der Waals surface area contributed by atoms with Crippen LogP contribution in [-0.2, 0) is 4.74 Å². The molecule has 0 aliphatic carbocycles. The Morgan fingerprint density at radius 2 is 2.20 bits per heavy atom. The predicted molar refractivity (Wildman–Crippen MR) is 38.9 cm³/mol. The van der Waals surface area contributed by atoms with Gasteiger partial charge in [0.2, 0.25) is 0 Å². The summed E-state index contributed by atoms with van der Waals surface area (Å²) >= 11 is 0. The van der Waals surface area contributed by atoms with Crippen molar-refractivity contribution in [2.75, 3.05) is 13.2 Å². The highest BCUT2D eigenvalue weighted by Gasteiger charge is 2.01. The zero-order valence-corrected chi connectivity index (χ0v) is 6.76. The molecule has 0 atom stereocenters. The Balaban J connectivity index is 3.22. The summed E-state index contributed by atoms with van der Waals surface area (Å²) in [5.41, 5.74) is 0. The van der Waals surface area contributed by atoms with Crippen molar-refractivity contribution in [2.24, 2.45) is 5.92 Å².